The lowest BCUT2D eigenvalue weighted by molar-refractivity contribution is -0.140. The van der Waals surface area contributed by atoms with E-state index >= 15 is 0 Å². The predicted octanol–water partition coefficient (Wildman–Crippen LogP) is 0.767. The van der Waals surface area contributed by atoms with E-state index in [0.717, 1.165) is 43.5 Å². The van der Waals surface area contributed by atoms with Crippen molar-refractivity contribution in [3.63, 3.8) is 0 Å². The molecule has 1 spiro atoms. The largest absolute Gasteiger partial charge is 0.456 e. The molecule has 178 valence electrons. The number of hydrogen-bond acceptors (Lipinski definition) is 9. The average Bonchev–Trinajstić information content (AvgIpc) is 3.60. The fourth-order valence-electron chi connectivity index (χ4n) is 6.25. The van der Waals surface area contributed by atoms with Crippen LogP contribution in [0.2, 0.25) is 0 Å². The third-order valence-corrected chi connectivity index (χ3v) is 8.05. The summed E-state index contributed by atoms with van der Waals surface area (Å²) in [6, 6.07) is 4.15. The van der Waals surface area contributed by atoms with Gasteiger partial charge in [0.25, 0.3) is 0 Å². The quantitative estimate of drug-likeness (QED) is 0.637. The lowest BCUT2D eigenvalue weighted by Crippen LogP contribution is -2.51. The van der Waals surface area contributed by atoms with Crippen LogP contribution in [0.5, 0.6) is 0 Å². The minimum atomic E-state index is -0.717. The van der Waals surface area contributed by atoms with Gasteiger partial charge in [0.1, 0.15) is 19.0 Å². The number of aromatic nitrogens is 5. The van der Waals surface area contributed by atoms with Gasteiger partial charge >= 0.3 is 5.97 Å². The Morgan fingerprint density at radius 1 is 1.24 bits per heavy atom. The minimum absolute atomic E-state index is 0.136. The number of ether oxygens (including phenoxy) is 1. The Hall–Kier alpha value is -3.18. The summed E-state index contributed by atoms with van der Waals surface area (Å²) in [6.45, 7) is 3.06. The van der Waals surface area contributed by atoms with Crippen LogP contribution in [-0.2, 0) is 14.3 Å². The molecule has 11 heteroatoms. The summed E-state index contributed by atoms with van der Waals surface area (Å²) in [5.41, 5.74) is 2.23. The van der Waals surface area contributed by atoms with Crippen molar-refractivity contribution in [2.75, 3.05) is 19.7 Å². The fourth-order valence-corrected chi connectivity index (χ4v) is 6.25. The van der Waals surface area contributed by atoms with Crippen molar-refractivity contribution in [3.8, 4) is 5.69 Å². The minimum Gasteiger partial charge on any atom is -0.456 e. The lowest BCUT2D eigenvalue weighted by atomic mass is 9.73. The van der Waals surface area contributed by atoms with E-state index < -0.39 is 6.10 Å². The van der Waals surface area contributed by atoms with Crippen molar-refractivity contribution in [2.45, 2.75) is 57.2 Å². The van der Waals surface area contributed by atoms with Crippen LogP contribution in [0.1, 0.15) is 50.8 Å². The molecule has 11 nitrogen and oxygen atoms in total. The van der Waals surface area contributed by atoms with Crippen LogP contribution in [0.15, 0.2) is 35.9 Å². The summed E-state index contributed by atoms with van der Waals surface area (Å²) in [5, 5.41) is 22.0. The number of carbonyl (C=O) groups excluding carboxylic acids is 2. The first kappa shape index (κ1) is 21.4. The molecule has 0 saturated carbocycles. The molecular formula is C23H27N7O4. The van der Waals surface area contributed by atoms with Crippen LogP contribution in [0, 0.1) is 5.41 Å². The standard InChI is InChI=1S/C23H27N7O4/c1-14-19(12-34-21(14)32)28-7-6-23(22(28)33)8-15-2-3-16(9-23)29(15)11-20(31)18-5-4-17(10-24-18)30-13-25-26-27-30/h4-5,10,13,15-16,20,31H,2-3,6-9,11-12H2,1H3/t15?,16?,20-,23?/m1/s1. The number of cyclic esters (lactones) is 1. The summed E-state index contributed by atoms with van der Waals surface area (Å²) < 4.78 is 6.65. The molecule has 1 amide bonds. The van der Waals surface area contributed by atoms with E-state index in [9.17, 15) is 14.7 Å². The van der Waals surface area contributed by atoms with Crippen LogP contribution >= 0.6 is 0 Å². The van der Waals surface area contributed by atoms with Crippen LogP contribution in [0.4, 0.5) is 0 Å². The van der Waals surface area contributed by atoms with Crippen molar-refractivity contribution in [1.29, 1.82) is 0 Å². The van der Waals surface area contributed by atoms with Gasteiger partial charge in [-0.2, -0.15) is 4.68 Å². The lowest BCUT2D eigenvalue weighted by Gasteiger charge is -2.44. The molecular weight excluding hydrogens is 438 g/mol. The molecule has 4 aliphatic rings. The zero-order valence-electron chi connectivity index (χ0n) is 19.0. The number of amides is 1. The fraction of sp³-hybridized carbons (Fsp3) is 0.565. The Kier molecular flexibility index (Phi) is 4.99. The molecule has 0 aromatic carbocycles. The van der Waals surface area contributed by atoms with Gasteiger partial charge in [-0.15, -0.1) is 5.10 Å². The number of rotatable bonds is 5. The third kappa shape index (κ3) is 3.33. The smallest absolute Gasteiger partial charge is 0.336 e. The molecule has 6 heterocycles. The second-order valence-electron chi connectivity index (χ2n) is 9.84. The second-order valence-corrected chi connectivity index (χ2v) is 9.84. The van der Waals surface area contributed by atoms with Gasteiger partial charge in [-0.3, -0.25) is 14.7 Å². The summed E-state index contributed by atoms with van der Waals surface area (Å²) in [6.07, 6.45) is 6.87. The van der Waals surface area contributed by atoms with E-state index in [2.05, 4.69) is 25.4 Å². The Balaban J connectivity index is 1.14. The zero-order valence-corrected chi connectivity index (χ0v) is 19.0. The molecule has 0 radical (unpaired) electrons. The van der Waals surface area contributed by atoms with Gasteiger partial charge in [0.2, 0.25) is 5.91 Å². The number of tetrazole rings is 1. The summed E-state index contributed by atoms with van der Waals surface area (Å²) in [7, 11) is 0. The van der Waals surface area contributed by atoms with Gasteiger partial charge in [-0.05, 0) is 61.6 Å². The van der Waals surface area contributed by atoms with Crippen LogP contribution in [-0.4, -0.2) is 83.8 Å². The maximum atomic E-state index is 13.6. The van der Waals surface area contributed by atoms with Crippen molar-refractivity contribution >= 4 is 11.9 Å². The zero-order chi connectivity index (χ0) is 23.4. The normalized spacial score (nSPS) is 30.0. The number of likely N-dealkylation sites (tertiary alicyclic amines) is 1. The van der Waals surface area contributed by atoms with Crippen LogP contribution in [0.25, 0.3) is 5.69 Å². The number of fused-ring (bicyclic) bond motifs is 2. The topological polar surface area (TPSA) is 127 Å². The maximum Gasteiger partial charge on any atom is 0.336 e. The van der Waals surface area contributed by atoms with Crippen LogP contribution < -0.4 is 0 Å². The highest BCUT2D eigenvalue weighted by Crippen LogP contribution is 2.52. The Morgan fingerprint density at radius 2 is 2.03 bits per heavy atom. The van der Waals surface area contributed by atoms with Crippen molar-refractivity contribution < 1.29 is 19.4 Å². The molecule has 3 fully saturated rings. The molecule has 4 aliphatic heterocycles. The first-order chi connectivity index (χ1) is 16.4. The molecule has 3 atom stereocenters. The van der Waals surface area contributed by atoms with E-state index in [1.165, 1.54) is 11.0 Å². The molecule has 2 unspecified atom stereocenters. The highest BCUT2D eigenvalue weighted by atomic mass is 16.5. The highest BCUT2D eigenvalue weighted by molar-refractivity contribution is 5.94. The molecule has 34 heavy (non-hydrogen) atoms. The summed E-state index contributed by atoms with van der Waals surface area (Å²) in [5.74, 6) is -0.190. The number of aliphatic hydroxyl groups excluding tert-OH is 1. The SMILES string of the molecule is CC1=C(N2CCC3(CC4CCC(C3)N4C[C@@H](O)c3ccc(-n4cnnn4)cn3)C2=O)COC1=O. The van der Waals surface area contributed by atoms with E-state index in [4.69, 9.17) is 4.74 Å². The first-order valence-electron chi connectivity index (χ1n) is 11.8. The molecule has 2 aromatic heterocycles. The number of carbonyl (C=O) groups is 2. The van der Waals surface area contributed by atoms with Crippen LogP contribution in [0.3, 0.4) is 0 Å². The number of nitrogens with zero attached hydrogens (tertiary/aromatic N) is 7. The van der Waals surface area contributed by atoms with Gasteiger partial charge in [0, 0.05) is 25.2 Å². The number of piperidine rings is 1. The molecule has 2 aromatic rings. The van der Waals surface area contributed by atoms with Crippen molar-refractivity contribution in [1.82, 2.24) is 35.0 Å². The highest BCUT2D eigenvalue weighted by Gasteiger charge is 2.56. The maximum absolute atomic E-state index is 13.6. The van der Waals surface area contributed by atoms with Crippen molar-refractivity contribution in [2.24, 2.45) is 5.41 Å². The number of pyridine rings is 1. The third-order valence-electron chi connectivity index (χ3n) is 8.05. The van der Waals surface area contributed by atoms with Gasteiger partial charge in [-0.1, -0.05) is 0 Å². The summed E-state index contributed by atoms with van der Waals surface area (Å²) in [4.78, 5) is 33.9. The van der Waals surface area contributed by atoms with Gasteiger partial charge in [0.05, 0.1) is 34.3 Å². The monoisotopic (exact) mass is 465 g/mol. The Morgan fingerprint density at radius 3 is 2.65 bits per heavy atom. The average molecular weight is 466 g/mol. The van der Waals surface area contributed by atoms with E-state index in [-0.39, 0.29) is 36.0 Å². The molecule has 0 aliphatic carbocycles. The second kappa shape index (κ2) is 7.95. The van der Waals surface area contributed by atoms with Gasteiger partial charge in [-0.25, -0.2) is 4.79 Å². The number of esters is 1. The predicted molar refractivity (Wildman–Crippen MR) is 117 cm³/mol. The van der Waals surface area contributed by atoms with Gasteiger partial charge < -0.3 is 14.7 Å². The Bertz CT molecular complexity index is 1130. The van der Waals surface area contributed by atoms with E-state index in [1.54, 1.807) is 24.1 Å². The first-order valence-corrected chi connectivity index (χ1v) is 11.8. The van der Waals surface area contributed by atoms with Gasteiger partial charge in [0.15, 0.2) is 0 Å². The van der Waals surface area contributed by atoms with Crippen molar-refractivity contribution in [3.05, 3.63) is 41.6 Å². The molecule has 3 saturated heterocycles. The van der Waals surface area contributed by atoms with E-state index in [1.807, 2.05) is 6.07 Å². The molecule has 1 N–H and O–H groups in total. The number of hydrogen-bond donors (Lipinski definition) is 1. The number of aliphatic hydroxyl groups is 1. The Labute approximate surface area is 196 Å². The summed E-state index contributed by atoms with van der Waals surface area (Å²) >= 11 is 0. The van der Waals surface area contributed by atoms with E-state index in [0.29, 0.717) is 24.4 Å². The molecule has 2 bridgehead atoms. The molecule has 6 rings (SSSR count).